The lowest BCUT2D eigenvalue weighted by atomic mass is 10.1. The fraction of sp³-hybridized carbons (Fsp3) is 0.588. The van der Waals surface area contributed by atoms with E-state index in [1.54, 1.807) is 13.1 Å². The van der Waals surface area contributed by atoms with E-state index >= 15 is 0 Å². The van der Waals surface area contributed by atoms with Crippen LogP contribution in [-0.4, -0.2) is 43.6 Å². The molecule has 0 atom stereocenters. The number of benzene rings is 1. The maximum Gasteiger partial charge on any atom is 0.191 e. The van der Waals surface area contributed by atoms with E-state index in [2.05, 4.69) is 43.4 Å². The first-order chi connectivity index (χ1) is 11.1. The number of piperidine rings is 1. The Balaban J connectivity index is 0.00000288. The van der Waals surface area contributed by atoms with Crippen LogP contribution in [0.1, 0.15) is 31.7 Å². The maximum atomic E-state index is 13.3. The molecule has 0 radical (unpaired) electrons. The molecule has 4 nitrogen and oxygen atoms in total. The summed E-state index contributed by atoms with van der Waals surface area (Å²) < 4.78 is 14.2. The molecular formula is C17H27BrFIN4. The largest absolute Gasteiger partial charge is 0.354 e. The maximum absolute atomic E-state index is 13.3. The number of likely N-dealkylation sites (tertiary alicyclic amines) is 1. The molecule has 0 spiro atoms. The molecule has 1 aromatic carbocycles. The van der Waals surface area contributed by atoms with Crippen LogP contribution in [0.2, 0.25) is 0 Å². The molecule has 1 aromatic rings. The van der Waals surface area contributed by atoms with Gasteiger partial charge in [-0.15, -0.1) is 24.0 Å². The summed E-state index contributed by atoms with van der Waals surface area (Å²) in [6.07, 6.45) is 3.47. The third-order valence-corrected chi connectivity index (χ3v) is 4.92. The smallest absolute Gasteiger partial charge is 0.191 e. The number of aliphatic imine (C=N–C) groups is 1. The highest BCUT2D eigenvalue weighted by Gasteiger charge is 2.19. The molecule has 0 unspecified atom stereocenters. The van der Waals surface area contributed by atoms with E-state index in [0.29, 0.717) is 12.6 Å². The van der Waals surface area contributed by atoms with Crippen molar-refractivity contribution in [1.82, 2.24) is 15.5 Å². The van der Waals surface area contributed by atoms with Crippen molar-refractivity contribution < 1.29 is 4.39 Å². The van der Waals surface area contributed by atoms with Crippen LogP contribution in [-0.2, 0) is 6.54 Å². The summed E-state index contributed by atoms with van der Waals surface area (Å²) in [5, 5.41) is 6.74. The number of nitrogens with one attached hydrogen (secondary N) is 2. The second kappa shape index (κ2) is 11.3. The van der Waals surface area contributed by atoms with Crippen molar-refractivity contribution in [3.8, 4) is 0 Å². The fourth-order valence-corrected chi connectivity index (χ4v) is 3.25. The fourth-order valence-electron chi connectivity index (χ4n) is 2.86. The van der Waals surface area contributed by atoms with Gasteiger partial charge in [0.2, 0.25) is 0 Å². The van der Waals surface area contributed by atoms with E-state index in [-0.39, 0.29) is 29.8 Å². The molecule has 2 rings (SSSR count). The third-order valence-electron chi connectivity index (χ3n) is 4.15. The summed E-state index contributed by atoms with van der Waals surface area (Å²) in [5.41, 5.74) is 0.880. The topological polar surface area (TPSA) is 39.7 Å². The van der Waals surface area contributed by atoms with Crippen LogP contribution in [0.4, 0.5) is 4.39 Å². The predicted molar refractivity (Wildman–Crippen MR) is 113 cm³/mol. The lowest BCUT2D eigenvalue weighted by Crippen LogP contribution is -2.48. The van der Waals surface area contributed by atoms with Crippen LogP contribution < -0.4 is 10.6 Å². The van der Waals surface area contributed by atoms with E-state index < -0.39 is 0 Å². The minimum atomic E-state index is -0.226. The van der Waals surface area contributed by atoms with Crippen molar-refractivity contribution in [2.24, 2.45) is 4.99 Å². The Morgan fingerprint density at radius 3 is 2.71 bits per heavy atom. The van der Waals surface area contributed by atoms with Gasteiger partial charge >= 0.3 is 0 Å². The number of nitrogens with zero attached hydrogens (tertiary/aromatic N) is 2. The van der Waals surface area contributed by atoms with Crippen LogP contribution in [0, 0.1) is 5.82 Å². The average molecular weight is 513 g/mol. The van der Waals surface area contributed by atoms with Crippen LogP contribution in [0.3, 0.4) is 0 Å². The van der Waals surface area contributed by atoms with Gasteiger partial charge in [-0.2, -0.15) is 0 Å². The van der Waals surface area contributed by atoms with Crippen LogP contribution >= 0.6 is 39.9 Å². The summed E-state index contributed by atoms with van der Waals surface area (Å²) in [7, 11) is 1.77. The van der Waals surface area contributed by atoms with Crippen molar-refractivity contribution in [3.63, 3.8) is 0 Å². The average Bonchev–Trinajstić information content (AvgIpc) is 2.56. The van der Waals surface area contributed by atoms with Crippen molar-refractivity contribution in [3.05, 3.63) is 34.1 Å². The van der Waals surface area contributed by atoms with Crippen molar-refractivity contribution >= 4 is 45.9 Å². The molecule has 1 heterocycles. The van der Waals surface area contributed by atoms with E-state index in [1.807, 2.05) is 0 Å². The van der Waals surface area contributed by atoms with E-state index in [4.69, 9.17) is 0 Å². The van der Waals surface area contributed by atoms with Gasteiger partial charge in [-0.1, -0.05) is 22.9 Å². The number of rotatable bonds is 5. The zero-order valence-corrected chi connectivity index (χ0v) is 18.2. The molecule has 136 valence electrons. The highest BCUT2D eigenvalue weighted by Crippen LogP contribution is 2.17. The zero-order valence-electron chi connectivity index (χ0n) is 14.3. The van der Waals surface area contributed by atoms with Gasteiger partial charge in [-0.25, -0.2) is 4.39 Å². The summed E-state index contributed by atoms with van der Waals surface area (Å²) in [5.74, 6) is 0.548. The van der Waals surface area contributed by atoms with Gasteiger partial charge in [-0.05, 0) is 49.6 Å². The number of guanidine groups is 1. The summed E-state index contributed by atoms with van der Waals surface area (Å²) in [6.45, 7) is 6.22. The molecule has 24 heavy (non-hydrogen) atoms. The van der Waals surface area contributed by atoms with Crippen molar-refractivity contribution in [2.75, 3.05) is 26.7 Å². The highest BCUT2D eigenvalue weighted by molar-refractivity contribution is 14.0. The first-order valence-electron chi connectivity index (χ1n) is 8.25. The van der Waals surface area contributed by atoms with E-state index in [1.165, 1.54) is 25.1 Å². The van der Waals surface area contributed by atoms with Crippen molar-refractivity contribution in [1.29, 1.82) is 0 Å². The zero-order chi connectivity index (χ0) is 16.7. The van der Waals surface area contributed by atoms with Crippen LogP contribution in [0.25, 0.3) is 0 Å². The molecule has 0 aliphatic carbocycles. The number of hydrogen-bond donors (Lipinski definition) is 2. The van der Waals surface area contributed by atoms with E-state index in [9.17, 15) is 4.39 Å². The Hall–Kier alpha value is -0.410. The molecular weight excluding hydrogens is 486 g/mol. The molecule has 1 aliphatic heterocycles. The Labute approximate surface area is 169 Å². The molecule has 0 amide bonds. The highest BCUT2D eigenvalue weighted by atomic mass is 127. The van der Waals surface area contributed by atoms with Gasteiger partial charge in [0.15, 0.2) is 5.96 Å². The number of hydrogen-bond acceptors (Lipinski definition) is 2. The summed E-state index contributed by atoms with van der Waals surface area (Å²) in [4.78, 5) is 6.79. The van der Waals surface area contributed by atoms with Gasteiger partial charge in [0.1, 0.15) is 5.82 Å². The summed E-state index contributed by atoms with van der Waals surface area (Å²) >= 11 is 3.45. The third kappa shape index (κ3) is 6.84. The normalized spacial score (nSPS) is 16.6. The predicted octanol–water partition coefficient (Wildman–Crippen LogP) is 3.75. The standard InChI is InChI=1S/C17H26BrFN4.HI/c1-3-8-23-9-6-15(7-10-23)22-17(20-2)21-12-13-11-14(19)4-5-16(13)18;/h4-5,11,15H,3,6-10,12H2,1-2H3,(H2,20,21,22);1H. The van der Waals surface area contributed by atoms with Gasteiger partial charge in [0.25, 0.3) is 0 Å². The SMILES string of the molecule is CCCN1CCC(NC(=NC)NCc2cc(F)ccc2Br)CC1.I. The molecule has 1 fully saturated rings. The second-order valence-corrected chi connectivity index (χ2v) is 6.78. The Bertz CT molecular complexity index is 533. The van der Waals surface area contributed by atoms with Crippen LogP contribution in [0.15, 0.2) is 27.7 Å². The lowest BCUT2D eigenvalue weighted by molar-refractivity contribution is 0.206. The lowest BCUT2D eigenvalue weighted by Gasteiger charge is -2.32. The Morgan fingerprint density at radius 2 is 2.08 bits per heavy atom. The minimum Gasteiger partial charge on any atom is -0.354 e. The van der Waals surface area contributed by atoms with Gasteiger partial charge in [-0.3, -0.25) is 4.99 Å². The quantitative estimate of drug-likeness (QED) is 0.358. The molecule has 2 N–H and O–H groups in total. The molecule has 0 saturated carbocycles. The van der Waals surface area contributed by atoms with Gasteiger partial charge in [0.05, 0.1) is 0 Å². The molecule has 0 bridgehead atoms. The van der Waals surface area contributed by atoms with Gasteiger partial charge < -0.3 is 15.5 Å². The monoisotopic (exact) mass is 512 g/mol. The number of halogens is 3. The summed E-state index contributed by atoms with van der Waals surface area (Å²) in [6, 6.07) is 5.16. The first-order valence-corrected chi connectivity index (χ1v) is 9.05. The van der Waals surface area contributed by atoms with Crippen LogP contribution in [0.5, 0.6) is 0 Å². The molecule has 0 aromatic heterocycles. The Kier molecular flexibility index (Phi) is 10.1. The Morgan fingerprint density at radius 1 is 1.38 bits per heavy atom. The molecule has 1 aliphatic rings. The van der Waals surface area contributed by atoms with Crippen molar-refractivity contribution in [2.45, 2.75) is 38.8 Å². The second-order valence-electron chi connectivity index (χ2n) is 5.92. The molecule has 7 heteroatoms. The van der Waals surface area contributed by atoms with E-state index in [0.717, 1.165) is 41.9 Å². The molecule has 1 saturated heterocycles. The first kappa shape index (κ1) is 21.6. The minimum absolute atomic E-state index is 0. The van der Waals surface area contributed by atoms with Gasteiger partial charge in [0, 0.05) is 37.2 Å².